The van der Waals surface area contributed by atoms with Gasteiger partial charge in [0.2, 0.25) is 0 Å². The van der Waals surface area contributed by atoms with Gasteiger partial charge >= 0.3 is 0 Å². The molecular formula is C11H17NOS. The molecule has 0 aromatic carbocycles. The Hall–Kier alpha value is -0.380. The highest BCUT2D eigenvalue weighted by molar-refractivity contribution is 7.10. The molecule has 1 saturated carbocycles. The molecule has 0 bridgehead atoms. The van der Waals surface area contributed by atoms with Crippen molar-refractivity contribution in [1.82, 2.24) is 0 Å². The monoisotopic (exact) mass is 211 g/mol. The Labute approximate surface area is 88.8 Å². The average Bonchev–Trinajstić information content (AvgIpc) is 2.89. The van der Waals surface area contributed by atoms with Crippen LogP contribution in [0.25, 0.3) is 0 Å². The first-order valence-corrected chi connectivity index (χ1v) is 6.08. The number of hydrogen-bond donors (Lipinski definition) is 2. The molecule has 2 nitrogen and oxygen atoms in total. The number of thiophene rings is 1. The summed E-state index contributed by atoms with van der Waals surface area (Å²) in [6, 6.07) is 3.99. The Morgan fingerprint density at radius 2 is 2.21 bits per heavy atom. The Kier molecular flexibility index (Phi) is 2.91. The Balaban J connectivity index is 2.19. The molecule has 0 amide bonds. The minimum atomic E-state index is -0.352. The standard InChI is InChI=1S/C11H17NOS/c12-8-11(5-1-2-6-11)10(13)9-4-3-7-14-9/h3-4,7,10,13H,1-2,5-6,8,12H2. The van der Waals surface area contributed by atoms with Crippen LogP contribution in [0, 0.1) is 5.41 Å². The summed E-state index contributed by atoms with van der Waals surface area (Å²) in [5.41, 5.74) is 5.78. The average molecular weight is 211 g/mol. The molecule has 3 heteroatoms. The van der Waals surface area contributed by atoms with Crippen LogP contribution in [0.15, 0.2) is 17.5 Å². The van der Waals surface area contributed by atoms with Crippen molar-refractivity contribution in [2.75, 3.05) is 6.54 Å². The zero-order valence-corrected chi connectivity index (χ0v) is 9.09. The maximum absolute atomic E-state index is 10.3. The van der Waals surface area contributed by atoms with Crippen molar-refractivity contribution in [3.8, 4) is 0 Å². The number of aliphatic hydroxyl groups excluding tert-OH is 1. The van der Waals surface area contributed by atoms with Crippen LogP contribution in [0.2, 0.25) is 0 Å². The van der Waals surface area contributed by atoms with Crippen LogP contribution in [0.5, 0.6) is 0 Å². The lowest BCUT2D eigenvalue weighted by atomic mass is 9.80. The van der Waals surface area contributed by atoms with Crippen molar-refractivity contribution in [1.29, 1.82) is 0 Å². The van der Waals surface area contributed by atoms with Crippen molar-refractivity contribution < 1.29 is 5.11 Å². The van der Waals surface area contributed by atoms with Crippen molar-refractivity contribution in [3.63, 3.8) is 0 Å². The van der Waals surface area contributed by atoms with Crippen molar-refractivity contribution in [2.45, 2.75) is 31.8 Å². The van der Waals surface area contributed by atoms with Gasteiger partial charge in [-0.1, -0.05) is 18.9 Å². The van der Waals surface area contributed by atoms with Crippen LogP contribution >= 0.6 is 11.3 Å². The van der Waals surface area contributed by atoms with Gasteiger partial charge in [-0.05, 0) is 24.3 Å². The second kappa shape index (κ2) is 4.01. The van der Waals surface area contributed by atoms with E-state index in [4.69, 9.17) is 5.73 Å². The summed E-state index contributed by atoms with van der Waals surface area (Å²) >= 11 is 1.63. The van der Waals surface area contributed by atoms with Gasteiger partial charge in [0.25, 0.3) is 0 Å². The van der Waals surface area contributed by atoms with E-state index in [9.17, 15) is 5.11 Å². The van der Waals surface area contributed by atoms with Gasteiger partial charge in [-0.25, -0.2) is 0 Å². The first-order chi connectivity index (χ1) is 6.78. The largest absolute Gasteiger partial charge is 0.387 e. The van der Waals surface area contributed by atoms with Gasteiger partial charge in [0.15, 0.2) is 0 Å². The summed E-state index contributed by atoms with van der Waals surface area (Å²) in [5, 5.41) is 12.3. The third-order valence-electron chi connectivity index (χ3n) is 3.40. The Morgan fingerprint density at radius 3 is 2.71 bits per heavy atom. The highest BCUT2D eigenvalue weighted by Crippen LogP contribution is 2.47. The molecule has 0 aliphatic heterocycles. The van der Waals surface area contributed by atoms with Gasteiger partial charge < -0.3 is 10.8 Å². The summed E-state index contributed by atoms with van der Waals surface area (Å²) in [6.07, 6.45) is 4.21. The molecule has 1 aromatic heterocycles. The lowest BCUT2D eigenvalue weighted by Crippen LogP contribution is -2.33. The van der Waals surface area contributed by atoms with Gasteiger partial charge in [-0.2, -0.15) is 0 Å². The molecule has 0 radical (unpaired) electrons. The second-order valence-corrected chi connectivity index (χ2v) is 5.17. The number of hydrogen-bond acceptors (Lipinski definition) is 3. The maximum atomic E-state index is 10.3. The second-order valence-electron chi connectivity index (χ2n) is 4.19. The van der Waals surface area contributed by atoms with Crippen LogP contribution in [0.1, 0.15) is 36.7 Å². The molecule has 1 aliphatic rings. The van der Waals surface area contributed by atoms with Crippen molar-refractivity contribution in [2.24, 2.45) is 11.1 Å². The van der Waals surface area contributed by atoms with E-state index in [0.29, 0.717) is 6.54 Å². The molecular weight excluding hydrogens is 194 g/mol. The molecule has 1 unspecified atom stereocenters. The summed E-state index contributed by atoms with van der Waals surface area (Å²) in [4.78, 5) is 1.07. The zero-order chi connectivity index (χ0) is 10.0. The molecule has 3 N–H and O–H groups in total. The SMILES string of the molecule is NCC1(C(O)c2cccs2)CCCC1. The first-order valence-electron chi connectivity index (χ1n) is 5.20. The molecule has 1 fully saturated rings. The minimum absolute atomic E-state index is 0.0369. The molecule has 0 spiro atoms. The van der Waals surface area contributed by atoms with Crippen LogP contribution in [0.4, 0.5) is 0 Å². The molecule has 1 aliphatic carbocycles. The summed E-state index contributed by atoms with van der Waals surface area (Å²) in [7, 11) is 0. The fraction of sp³-hybridized carbons (Fsp3) is 0.636. The van der Waals surface area contributed by atoms with Crippen LogP contribution in [-0.2, 0) is 0 Å². The fourth-order valence-electron chi connectivity index (χ4n) is 2.42. The van der Waals surface area contributed by atoms with E-state index < -0.39 is 0 Å². The van der Waals surface area contributed by atoms with Crippen molar-refractivity contribution >= 4 is 11.3 Å². The number of rotatable bonds is 3. The molecule has 2 rings (SSSR count). The third kappa shape index (κ3) is 1.60. The smallest absolute Gasteiger partial charge is 0.0949 e. The summed E-state index contributed by atoms with van der Waals surface area (Å²) in [5.74, 6) is 0. The lowest BCUT2D eigenvalue weighted by Gasteiger charge is -2.32. The van der Waals surface area contributed by atoms with Crippen LogP contribution < -0.4 is 5.73 Å². The molecule has 0 saturated heterocycles. The van der Waals surface area contributed by atoms with E-state index in [1.807, 2.05) is 17.5 Å². The fourth-order valence-corrected chi connectivity index (χ4v) is 3.27. The van der Waals surface area contributed by atoms with E-state index in [-0.39, 0.29) is 11.5 Å². The topological polar surface area (TPSA) is 46.2 Å². The molecule has 1 atom stereocenters. The normalized spacial score (nSPS) is 22.4. The Bertz CT molecular complexity index is 277. The summed E-state index contributed by atoms with van der Waals surface area (Å²) < 4.78 is 0. The number of aliphatic hydroxyl groups is 1. The first kappa shape index (κ1) is 10.1. The predicted octanol–water partition coefficient (Wildman–Crippen LogP) is 2.30. The van der Waals surface area contributed by atoms with E-state index in [1.54, 1.807) is 11.3 Å². The van der Waals surface area contributed by atoms with Gasteiger partial charge in [0, 0.05) is 16.8 Å². The Morgan fingerprint density at radius 1 is 1.50 bits per heavy atom. The zero-order valence-electron chi connectivity index (χ0n) is 8.28. The quantitative estimate of drug-likeness (QED) is 0.806. The number of nitrogens with two attached hydrogens (primary N) is 1. The molecule has 1 aromatic rings. The predicted molar refractivity (Wildman–Crippen MR) is 59.2 cm³/mol. The van der Waals surface area contributed by atoms with E-state index in [0.717, 1.165) is 17.7 Å². The van der Waals surface area contributed by atoms with E-state index in [2.05, 4.69) is 0 Å². The highest BCUT2D eigenvalue weighted by Gasteiger charge is 2.40. The van der Waals surface area contributed by atoms with E-state index in [1.165, 1.54) is 12.8 Å². The van der Waals surface area contributed by atoms with Crippen molar-refractivity contribution in [3.05, 3.63) is 22.4 Å². The van der Waals surface area contributed by atoms with Gasteiger partial charge in [0.05, 0.1) is 6.10 Å². The van der Waals surface area contributed by atoms with Gasteiger partial charge in [-0.15, -0.1) is 11.3 Å². The lowest BCUT2D eigenvalue weighted by molar-refractivity contribution is 0.0362. The van der Waals surface area contributed by atoms with Gasteiger partial charge in [0.1, 0.15) is 0 Å². The van der Waals surface area contributed by atoms with Gasteiger partial charge in [-0.3, -0.25) is 0 Å². The summed E-state index contributed by atoms with van der Waals surface area (Å²) in [6.45, 7) is 0.603. The maximum Gasteiger partial charge on any atom is 0.0949 e. The van der Waals surface area contributed by atoms with E-state index >= 15 is 0 Å². The third-order valence-corrected chi connectivity index (χ3v) is 4.32. The molecule has 1 heterocycles. The van der Waals surface area contributed by atoms with Crippen LogP contribution in [0.3, 0.4) is 0 Å². The molecule has 14 heavy (non-hydrogen) atoms. The molecule has 78 valence electrons. The minimum Gasteiger partial charge on any atom is -0.387 e. The van der Waals surface area contributed by atoms with Crippen LogP contribution in [-0.4, -0.2) is 11.7 Å². The highest BCUT2D eigenvalue weighted by atomic mass is 32.1.